The van der Waals surface area contributed by atoms with Crippen LogP contribution in [-0.4, -0.2) is 19.0 Å². The fraction of sp³-hybridized carbons (Fsp3) is 0.533. The molecule has 3 heteroatoms. The van der Waals surface area contributed by atoms with Crippen LogP contribution in [0, 0.1) is 5.92 Å². The summed E-state index contributed by atoms with van der Waals surface area (Å²) in [5, 5.41) is 3.44. The normalized spacial score (nSPS) is 17.0. The van der Waals surface area contributed by atoms with Crippen LogP contribution in [0.4, 0.5) is 11.4 Å². The first-order chi connectivity index (χ1) is 8.70. The van der Waals surface area contributed by atoms with Crippen LogP contribution in [0.25, 0.3) is 0 Å². The molecule has 18 heavy (non-hydrogen) atoms. The first-order valence-electron chi connectivity index (χ1n) is 6.85. The maximum atomic E-state index is 11.7. The first-order valence-corrected chi connectivity index (χ1v) is 6.85. The summed E-state index contributed by atoms with van der Waals surface area (Å²) in [7, 11) is 0. The summed E-state index contributed by atoms with van der Waals surface area (Å²) < 4.78 is 0. The van der Waals surface area contributed by atoms with Gasteiger partial charge in [-0.25, -0.2) is 0 Å². The maximum Gasteiger partial charge on any atom is 0.227 e. The smallest absolute Gasteiger partial charge is 0.227 e. The Hall–Kier alpha value is -1.51. The number of carbonyl (C=O) groups excluding carboxylic acids is 1. The third kappa shape index (κ3) is 3.03. The standard InChI is InChI=1S/C15H22N2O/c1-3-12(2)11-16-13-6-4-7-14(10-13)17-9-5-8-15(17)18/h4,6-7,10,12,16H,3,5,8-9,11H2,1-2H3. The van der Waals surface area contributed by atoms with Crippen LogP contribution in [0.2, 0.25) is 0 Å². The molecule has 0 aliphatic carbocycles. The van der Waals surface area contributed by atoms with Crippen molar-refractivity contribution in [2.24, 2.45) is 5.92 Å². The number of rotatable bonds is 5. The van der Waals surface area contributed by atoms with E-state index in [2.05, 4.69) is 31.3 Å². The lowest BCUT2D eigenvalue weighted by molar-refractivity contribution is -0.117. The van der Waals surface area contributed by atoms with Crippen molar-refractivity contribution in [2.45, 2.75) is 33.1 Å². The summed E-state index contributed by atoms with van der Waals surface area (Å²) in [4.78, 5) is 13.6. The third-order valence-electron chi connectivity index (χ3n) is 3.58. The highest BCUT2D eigenvalue weighted by atomic mass is 16.2. The molecule has 1 aromatic carbocycles. The van der Waals surface area contributed by atoms with Crippen LogP contribution < -0.4 is 10.2 Å². The van der Waals surface area contributed by atoms with Gasteiger partial charge in [-0.15, -0.1) is 0 Å². The van der Waals surface area contributed by atoms with E-state index in [1.807, 2.05) is 17.0 Å². The molecule has 0 saturated carbocycles. The lowest BCUT2D eigenvalue weighted by atomic mass is 10.1. The number of nitrogens with zero attached hydrogens (tertiary/aromatic N) is 1. The van der Waals surface area contributed by atoms with Gasteiger partial charge in [-0.2, -0.15) is 0 Å². The van der Waals surface area contributed by atoms with Crippen molar-refractivity contribution in [3.63, 3.8) is 0 Å². The Labute approximate surface area is 109 Å². The van der Waals surface area contributed by atoms with Gasteiger partial charge in [0, 0.05) is 30.9 Å². The molecule has 1 aromatic rings. The molecule has 1 fully saturated rings. The van der Waals surface area contributed by atoms with E-state index in [-0.39, 0.29) is 5.91 Å². The minimum Gasteiger partial charge on any atom is -0.385 e. The fourth-order valence-corrected chi connectivity index (χ4v) is 2.14. The van der Waals surface area contributed by atoms with E-state index in [1.54, 1.807) is 0 Å². The highest BCUT2D eigenvalue weighted by Gasteiger charge is 2.21. The molecule has 3 nitrogen and oxygen atoms in total. The van der Waals surface area contributed by atoms with Gasteiger partial charge in [-0.05, 0) is 30.5 Å². The average molecular weight is 246 g/mol. The summed E-state index contributed by atoms with van der Waals surface area (Å²) in [6.07, 6.45) is 2.84. The van der Waals surface area contributed by atoms with E-state index in [9.17, 15) is 4.79 Å². The van der Waals surface area contributed by atoms with Crippen LogP contribution >= 0.6 is 0 Å². The van der Waals surface area contributed by atoms with Gasteiger partial charge in [-0.1, -0.05) is 26.3 Å². The number of hydrogen-bond acceptors (Lipinski definition) is 2. The third-order valence-corrected chi connectivity index (χ3v) is 3.58. The largest absolute Gasteiger partial charge is 0.385 e. The molecule has 1 heterocycles. The van der Waals surface area contributed by atoms with E-state index < -0.39 is 0 Å². The zero-order chi connectivity index (χ0) is 13.0. The summed E-state index contributed by atoms with van der Waals surface area (Å²) in [5.74, 6) is 0.913. The molecule has 0 aromatic heterocycles. The summed E-state index contributed by atoms with van der Waals surface area (Å²) >= 11 is 0. The monoisotopic (exact) mass is 246 g/mol. The van der Waals surface area contributed by atoms with Crippen LogP contribution in [0.3, 0.4) is 0 Å². The molecule has 1 amide bonds. The molecule has 1 atom stereocenters. The second-order valence-corrected chi connectivity index (χ2v) is 5.09. The van der Waals surface area contributed by atoms with Crippen molar-refractivity contribution in [3.05, 3.63) is 24.3 Å². The molecule has 98 valence electrons. The van der Waals surface area contributed by atoms with Crippen LogP contribution in [0.1, 0.15) is 33.1 Å². The minimum atomic E-state index is 0.245. The molecule has 1 unspecified atom stereocenters. The quantitative estimate of drug-likeness (QED) is 0.864. The van der Waals surface area contributed by atoms with Gasteiger partial charge in [0.15, 0.2) is 0 Å². The zero-order valence-electron chi connectivity index (χ0n) is 11.3. The van der Waals surface area contributed by atoms with Crippen LogP contribution in [0.15, 0.2) is 24.3 Å². The lowest BCUT2D eigenvalue weighted by Gasteiger charge is -2.18. The lowest BCUT2D eigenvalue weighted by Crippen LogP contribution is -2.23. The Balaban J connectivity index is 2.03. The average Bonchev–Trinajstić information content (AvgIpc) is 2.82. The van der Waals surface area contributed by atoms with Crippen molar-refractivity contribution >= 4 is 17.3 Å². The summed E-state index contributed by atoms with van der Waals surface area (Å²) in [6, 6.07) is 8.16. The van der Waals surface area contributed by atoms with Crippen molar-refractivity contribution in [1.82, 2.24) is 0 Å². The highest BCUT2D eigenvalue weighted by Crippen LogP contribution is 2.24. The molecule has 0 spiro atoms. The van der Waals surface area contributed by atoms with E-state index >= 15 is 0 Å². The van der Waals surface area contributed by atoms with Gasteiger partial charge in [0.05, 0.1) is 0 Å². The topological polar surface area (TPSA) is 32.3 Å². The second kappa shape index (κ2) is 5.89. The van der Waals surface area contributed by atoms with Gasteiger partial charge in [0.2, 0.25) is 5.91 Å². The molecule has 1 N–H and O–H groups in total. The van der Waals surface area contributed by atoms with Crippen LogP contribution in [0.5, 0.6) is 0 Å². The molecule has 2 rings (SSSR count). The number of nitrogens with one attached hydrogen (secondary N) is 1. The molecular formula is C15H22N2O. The predicted octanol–water partition coefficient (Wildman–Crippen LogP) is 3.27. The number of hydrogen-bond donors (Lipinski definition) is 1. The molecule has 1 aliphatic heterocycles. The molecule has 0 bridgehead atoms. The Morgan fingerprint density at radius 3 is 2.94 bits per heavy atom. The number of amides is 1. The van der Waals surface area contributed by atoms with E-state index in [0.717, 1.165) is 30.9 Å². The summed E-state index contributed by atoms with van der Waals surface area (Å²) in [5.41, 5.74) is 2.12. The zero-order valence-corrected chi connectivity index (χ0v) is 11.3. The predicted molar refractivity (Wildman–Crippen MR) is 76.0 cm³/mol. The Kier molecular flexibility index (Phi) is 4.24. The van der Waals surface area contributed by atoms with Gasteiger partial charge in [0.1, 0.15) is 0 Å². The van der Waals surface area contributed by atoms with Crippen molar-refractivity contribution < 1.29 is 4.79 Å². The van der Waals surface area contributed by atoms with Gasteiger partial charge < -0.3 is 10.2 Å². The van der Waals surface area contributed by atoms with Gasteiger partial charge in [0.25, 0.3) is 0 Å². The van der Waals surface area contributed by atoms with E-state index in [4.69, 9.17) is 0 Å². The van der Waals surface area contributed by atoms with Gasteiger partial charge in [-0.3, -0.25) is 4.79 Å². The Bertz CT molecular complexity index is 417. The van der Waals surface area contributed by atoms with E-state index in [1.165, 1.54) is 6.42 Å². The first kappa shape index (κ1) is 12.9. The molecule has 1 aliphatic rings. The van der Waals surface area contributed by atoms with Crippen LogP contribution in [-0.2, 0) is 4.79 Å². The van der Waals surface area contributed by atoms with Crippen molar-refractivity contribution in [1.29, 1.82) is 0 Å². The molecular weight excluding hydrogens is 224 g/mol. The number of benzene rings is 1. The highest BCUT2D eigenvalue weighted by molar-refractivity contribution is 5.95. The summed E-state index contributed by atoms with van der Waals surface area (Å²) in [6.45, 7) is 6.27. The molecule has 1 saturated heterocycles. The second-order valence-electron chi connectivity index (χ2n) is 5.09. The van der Waals surface area contributed by atoms with E-state index in [0.29, 0.717) is 12.3 Å². The Morgan fingerprint density at radius 2 is 2.28 bits per heavy atom. The Morgan fingerprint density at radius 1 is 1.44 bits per heavy atom. The SMILES string of the molecule is CCC(C)CNc1cccc(N2CCCC2=O)c1. The van der Waals surface area contributed by atoms with Crippen molar-refractivity contribution in [2.75, 3.05) is 23.3 Å². The minimum absolute atomic E-state index is 0.245. The number of carbonyl (C=O) groups is 1. The molecule has 0 radical (unpaired) electrons. The van der Waals surface area contributed by atoms with Crippen molar-refractivity contribution in [3.8, 4) is 0 Å². The number of anilines is 2. The van der Waals surface area contributed by atoms with Gasteiger partial charge >= 0.3 is 0 Å². The fourth-order valence-electron chi connectivity index (χ4n) is 2.14. The maximum absolute atomic E-state index is 11.7.